The Bertz CT molecular complexity index is 837. The van der Waals surface area contributed by atoms with Gasteiger partial charge in [0.05, 0.1) is 16.8 Å². The minimum absolute atomic E-state index is 0.0706. The average molecular weight is 320 g/mol. The van der Waals surface area contributed by atoms with Crippen LogP contribution in [-0.4, -0.2) is 37.9 Å². The highest BCUT2D eigenvalue weighted by atomic mass is 32.2. The average Bonchev–Trinajstić information content (AvgIpc) is 2.34. The van der Waals surface area contributed by atoms with Gasteiger partial charge < -0.3 is 5.32 Å². The molecule has 0 aliphatic heterocycles. The van der Waals surface area contributed by atoms with Crippen molar-refractivity contribution < 1.29 is 13.2 Å². The van der Waals surface area contributed by atoms with Crippen LogP contribution >= 0.6 is 0 Å². The van der Waals surface area contributed by atoms with Gasteiger partial charge in [0.25, 0.3) is 5.91 Å². The van der Waals surface area contributed by atoms with Gasteiger partial charge in [-0.25, -0.2) is 8.42 Å². The van der Waals surface area contributed by atoms with Crippen LogP contribution in [-0.2, 0) is 9.84 Å². The molecular formula is C16H20N2O3S. The molecule has 1 amide bonds. The van der Waals surface area contributed by atoms with Crippen molar-refractivity contribution in [2.24, 2.45) is 0 Å². The third-order valence-electron chi connectivity index (χ3n) is 3.38. The lowest BCUT2D eigenvalue weighted by molar-refractivity contribution is 0.0957. The zero-order chi connectivity index (χ0) is 16.5. The van der Waals surface area contributed by atoms with Gasteiger partial charge in [0, 0.05) is 23.9 Å². The lowest BCUT2D eigenvalue weighted by atomic mass is 10.00. The maximum atomic E-state index is 12.4. The fourth-order valence-corrected chi connectivity index (χ4v) is 2.98. The van der Waals surface area contributed by atoms with Crippen molar-refractivity contribution in [1.82, 2.24) is 10.3 Å². The van der Waals surface area contributed by atoms with E-state index >= 15 is 0 Å². The number of hydrogen-bond donors (Lipinski definition) is 1. The van der Waals surface area contributed by atoms with Gasteiger partial charge in [-0.1, -0.05) is 6.07 Å². The van der Waals surface area contributed by atoms with E-state index in [1.165, 1.54) is 0 Å². The summed E-state index contributed by atoms with van der Waals surface area (Å²) in [4.78, 5) is 16.9. The summed E-state index contributed by atoms with van der Waals surface area (Å²) in [6, 6.07) is 5.69. The van der Waals surface area contributed by atoms with Crippen LogP contribution in [0.5, 0.6) is 0 Å². The first kappa shape index (κ1) is 16.4. The number of hydrogen-bond acceptors (Lipinski definition) is 4. The molecule has 2 rings (SSSR count). The Kier molecular flexibility index (Phi) is 4.51. The molecule has 1 N–H and O–H groups in total. The number of sulfone groups is 1. The van der Waals surface area contributed by atoms with Gasteiger partial charge in [0.1, 0.15) is 9.84 Å². The van der Waals surface area contributed by atoms with Gasteiger partial charge in [-0.3, -0.25) is 9.78 Å². The molecule has 0 unspecified atom stereocenters. The molecule has 1 aromatic heterocycles. The van der Waals surface area contributed by atoms with Gasteiger partial charge in [-0.05, 0) is 44.0 Å². The van der Waals surface area contributed by atoms with Gasteiger partial charge in [0.2, 0.25) is 0 Å². The molecule has 0 aliphatic rings. The number of carbonyl (C=O) groups excluding carboxylic acids is 1. The second-order valence-corrected chi connectivity index (χ2v) is 7.93. The van der Waals surface area contributed by atoms with Gasteiger partial charge in [0.15, 0.2) is 0 Å². The lowest BCUT2D eigenvalue weighted by Gasteiger charge is -2.11. The number of benzene rings is 1. The molecule has 0 spiro atoms. The Morgan fingerprint density at radius 2 is 1.86 bits per heavy atom. The topological polar surface area (TPSA) is 76.1 Å². The van der Waals surface area contributed by atoms with Crippen molar-refractivity contribution in [3.05, 3.63) is 40.6 Å². The van der Waals surface area contributed by atoms with E-state index in [1.807, 2.05) is 32.9 Å². The van der Waals surface area contributed by atoms with Crippen LogP contribution in [0.25, 0.3) is 10.9 Å². The van der Waals surface area contributed by atoms with E-state index in [-0.39, 0.29) is 18.2 Å². The highest BCUT2D eigenvalue weighted by Gasteiger charge is 2.14. The quantitative estimate of drug-likeness (QED) is 0.934. The first-order valence-corrected chi connectivity index (χ1v) is 9.08. The van der Waals surface area contributed by atoms with Crippen molar-refractivity contribution in [2.45, 2.75) is 20.8 Å². The van der Waals surface area contributed by atoms with Crippen molar-refractivity contribution in [3.63, 3.8) is 0 Å². The minimum atomic E-state index is -3.09. The first-order chi connectivity index (χ1) is 10.2. The van der Waals surface area contributed by atoms with Crippen molar-refractivity contribution in [1.29, 1.82) is 0 Å². The molecule has 5 nitrogen and oxygen atoms in total. The van der Waals surface area contributed by atoms with E-state index in [4.69, 9.17) is 0 Å². The van der Waals surface area contributed by atoms with Crippen molar-refractivity contribution >= 4 is 26.6 Å². The molecule has 118 valence electrons. The van der Waals surface area contributed by atoms with Crippen LogP contribution in [0.15, 0.2) is 18.2 Å². The van der Waals surface area contributed by atoms with Crippen LogP contribution in [0, 0.1) is 20.8 Å². The largest absolute Gasteiger partial charge is 0.351 e. The molecule has 0 saturated heterocycles. The van der Waals surface area contributed by atoms with Crippen LogP contribution in [0.1, 0.15) is 27.2 Å². The number of carbonyl (C=O) groups is 1. The molecular weight excluding hydrogens is 300 g/mol. The van der Waals surface area contributed by atoms with E-state index in [9.17, 15) is 13.2 Å². The minimum Gasteiger partial charge on any atom is -0.351 e. The van der Waals surface area contributed by atoms with E-state index in [0.717, 1.165) is 34.0 Å². The fraction of sp³-hybridized carbons (Fsp3) is 0.375. The summed E-state index contributed by atoms with van der Waals surface area (Å²) >= 11 is 0. The highest BCUT2D eigenvalue weighted by molar-refractivity contribution is 7.90. The monoisotopic (exact) mass is 320 g/mol. The SMILES string of the molecule is Cc1cc(C)c2c(C(=O)NCCS(C)(=O)=O)cc(C)nc2c1. The molecule has 0 atom stereocenters. The van der Waals surface area contributed by atoms with Crippen LogP contribution in [0.3, 0.4) is 0 Å². The number of nitrogens with one attached hydrogen (secondary N) is 1. The van der Waals surface area contributed by atoms with Gasteiger partial charge in [-0.15, -0.1) is 0 Å². The molecule has 0 saturated carbocycles. The standard InChI is InChI=1S/C16H20N2O3S/c1-10-7-11(2)15-13(9-12(3)18-14(15)8-10)16(19)17-5-6-22(4,20)21/h7-9H,5-6H2,1-4H3,(H,17,19). The predicted molar refractivity (Wildman–Crippen MR) is 88.0 cm³/mol. The molecule has 0 aliphatic carbocycles. The number of aryl methyl sites for hydroxylation is 3. The molecule has 1 aromatic carbocycles. The van der Waals surface area contributed by atoms with E-state index < -0.39 is 9.84 Å². The highest BCUT2D eigenvalue weighted by Crippen LogP contribution is 2.24. The Hall–Kier alpha value is -1.95. The Balaban J connectivity index is 2.40. The molecule has 0 fully saturated rings. The smallest absolute Gasteiger partial charge is 0.252 e. The zero-order valence-electron chi connectivity index (χ0n) is 13.2. The molecule has 0 radical (unpaired) electrons. The summed E-state index contributed by atoms with van der Waals surface area (Å²) in [7, 11) is -3.09. The normalized spacial score (nSPS) is 11.6. The third-order valence-corrected chi connectivity index (χ3v) is 4.33. The molecule has 1 heterocycles. The number of aromatic nitrogens is 1. The van der Waals surface area contributed by atoms with Crippen LogP contribution in [0.4, 0.5) is 0 Å². The van der Waals surface area contributed by atoms with Crippen molar-refractivity contribution in [3.8, 4) is 0 Å². The Morgan fingerprint density at radius 1 is 1.18 bits per heavy atom. The van der Waals surface area contributed by atoms with E-state index in [0.29, 0.717) is 5.56 Å². The fourth-order valence-electron chi connectivity index (χ4n) is 2.51. The lowest BCUT2D eigenvalue weighted by Crippen LogP contribution is -2.29. The molecule has 2 aromatic rings. The maximum Gasteiger partial charge on any atom is 0.252 e. The summed E-state index contributed by atoms with van der Waals surface area (Å²) in [6.07, 6.45) is 1.15. The number of amides is 1. The van der Waals surface area contributed by atoms with Crippen LogP contribution in [0.2, 0.25) is 0 Å². The van der Waals surface area contributed by atoms with Gasteiger partial charge in [-0.2, -0.15) is 0 Å². The second kappa shape index (κ2) is 6.04. The van der Waals surface area contributed by atoms with Crippen LogP contribution < -0.4 is 5.32 Å². The third kappa shape index (κ3) is 3.82. The maximum absolute atomic E-state index is 12.4. The summed E-state index contributed by atoms with van der Waals surface area (Å²) in [5.74, 6) is -0.343. The summed E-state index contributed by atoms with van der Waals surface area (Å²) in [5.41, 5.74) is 4.15. The van der Waals surface area contributed by atoms with Crippen molar-refractivity contribution in [2.75, 3.05) is 18.6 Å². The molecule has 6 heteroatoms. The number of nitrogens with zero attached hydrogens (tertiary/aromatic N) is 1. The number of pyridine rings is 1. The van der Waals surface area contributed by atoms with Gasteiger partial charge >= 0.3 is 0 Å². The number of rotatable bonds is 4. The zero-order valence-corrected chi connectivity index (χ0v) is 14.0. The molecule has 22 heavy (non-hydrogen) atoms. The summed E-state index contributed by atoms with van der Waals surface area (Å²) in [5, 5.41) is 3.48. The summed E-state index contributed by atoms with van der Waals surface area (Å²) in [6.45, 7) is 5.87. The van der Waals surface area contributed by atoms with E-state index in [2.05, 4.69) is 10.3 Å². The second-order valence-electron chi connectivity index (χ2n) is 5.67. The summed E-state index contributed by atoms with van der Waals surface area (Å²) < 4.78 is 22.3. The number of fused-ring (bicyclic) bond motifs is 1. The molecule has 0 bridgehead atoms. The Labute approximate surface area is 130 Å². The first-order valence-electron chi connectivity index (χ1n) is 7.02. The Morgan fingerprint density at radius 3 is 2.50 bits per heavy atom. The predicted octanol–water partition coefficient (Wildman–Crippen LogP) is 1.93. The van der Waals surface area contributed by atoms with E-state index in [1.54, 1.807) is 6.07 Å².